The van der Waals surface area contributed by atoms with Crippen LogP contribution in [0.25, 0.3) is 0 Å². The van der Waals surface area contributed by atoms with E-state index < -0.39 is 0 Å². The zero-order valence-electron chi connectivity index (χ0n) is 10.8. The smallest absolute Gasteiger partial charge is 0.237 e. The van der Waals surface area contributed by atoms with Gasteiger partial charge in [-0.25, -0.2) is 0 Å². The van der Waals surface area contributed by atoms with E-state index in [0.29, 0.717) is 12.5 Å². The number of benzene rings is 1. The van der Waals surface area contributed by atoms with Gasteiger partial charge in [-0.1, -0.05) is 24.3 Å². The SMILES string of the molecule is CNC1CCC(c2ccc(CN)cc2)CNC1=O. The first-order valence-electron chi connectivity index (χ1n) is 6.48. The van der Waals surface area contributed by atoms with Crippen LogP contribution in [-0.4, -0.2) is 25.5 Å². The summed E-state index contributed by atoms with van der Waals surface area (Å²) in [6, 6.07) is 8.32. The van der Waals surface area contributed by atoms with Crippen LogP contribution in [0.15, 0.2) is 24.3 Å². The molecule has 4 heteroatoms. The second-order valence-electron chi connectivity index (χ2n) is 4.81. The Hall–Kier alpha value is -1.39. The molecule has 0 aliphatic carbocycles. The second-order valence-corrected chi connectivity index (χ2v) is 4.81. The van der Waals surface area contributed by atoms with Gasteiger partial charge >= 0.3 is 0 Å². The lowest BCUT2D eigenvalue weighted by atomic mass is 9.93. The van der Waals surface area contributed by atoms with E-state index in [2.05, 4.69) is 34.9 Å². The summed E-state index contributed by atoms with van der Waals surface area (Å²) in [6.45, 7) is 1.29. The molecule has 1 aliphatic heterocycles. The van der Waals surface area contributed by atoms with Crippen molar-refractivity contribution in [3.05, 3.63) is 35.4 Å². The van der Waals surface area contributed by atoms with E-state index in [-0.39, 0.29) is 11.9 Å². The number of hydrogen-bond donors (Lipinski definition) is 3. The van der Waals surface area contributed by atoms with Crippen molar-refractivity contribution in [1.82, 2.24) is 10.6 Å². The van der Waals surface area contributed by atoms with E-state index in [1.807, 2.05) is 7.05 Å². The first kappa shape index (κ1) is 13.1. The van der Waals surface area contributed by atoms with Crippen molar-refractivity contribution < 1.29 is 4.79 Å². The molecule has 18 heavy (non-hydrogen) atoms. The highest BCUT2D eigenvalue weighted by Gasteiger charge is 2.24. The summed E-state index contributed by atoms with van der Waals surface area (Å²) >= 11 is 0. The third-order valence-electron chi connectivity index (χ3n) is 3.68. The second kappa shape index (κ2) is 5.98. The molecule has 0 aromatic heterocycles. The number of nitrogens with one attached hydrogen (secondary N) is 2. The van der Waals surface area contributed by atoms with E-state index in [0.717, 1.165) is 24.9 Å². The van der Waals surface area contributed by atoms with Gasteiger partial charge < -0.3 is 16.4 Å². The van der Waals surface area contributed by atoms with Gasteiger partial charge in [0, 0.05) is 19.0 Å². The van der Waals surface area contributed by atoms with Crippen LogP contribution in [0.1, 0.15) is 29.9 Å². The fraction of sp³-hybridized carbons (Fsp3) is 0.500. The first-order chi connectivity index (χ1) is 8.74. The van der Waals surface area contributed by atoms with Crippen LogP contribution in [0.5, 0.6) is 0 Å². The van der Waals surface area contributed by atoms with Crippen molar-refractivity contribution in [2.24, 2.45) is 5.73 Å². The number of hydrogen-bond acceptors (Lipinski definition) is 3. The maximum absolute atomic E-state index is 11.7. The summed E-state index contributed by atoms with van der Waals surface area (Å²) in [4.78, 5) is 11.7. The zero-order valence-corrected chi connectivity index (χ0v) is 10.8. The lowest BCUT2D eigenvalue weighted by Crippen LogP contribution is -2.41. The summed E-state index contributed by atoms with van der Waals surface area (Å²) < 4.78 is 0. The Morgan fingerprint density at radius 1 is 1.33 bits per heavy atom. The minimum atomic E-state index is -0.0571. The molecular weight excluding hydrogens is 226 g/mol. The van der Waals surface area contributed by atoms with Crippen LogP contribution in [0.3, 0.4) is 0 Å². The third-order valence-corrected chi connectivity index (χ3v) is 3.68. The number of carbonyl (C=O) groups is 1. The quantitative estimate of drug-likeness (QED) is 0.737. The van der Waals surface area contributed by atoms with Crippen LogP contribution >= 0.6 is 0 Å². The van der Waals surface area contributed by atoms with E-state index in [1.54, 1.807) is 0 Å². The summed E-state index contributed by atoms with van der Waals surface area (Å²) in [7, 11) is 1.83. The molecule has 1 amide bonds. The van der Waals surface area contributed by atoms with Crippen molar-refractivity contribution >= 4 is 5.91 Å². The number of nitrogens with two attached hydrogens (primary N) is 1. The fourth-order valence-corrected chi connectivity index (χ4v) is 2.43. The molecule has 1 fully saturated rings. The summed E-state index contributed by atoms with van der Waals surface area (Å²) in [6.07, 6.45) is 1.90. The fourth-order valence-electron chi connectivity index (χ4n) is 2.43. The molecular formula is C14H21N3O. The molecule has 1 aliphatic rings. The Balaban J connectivity index is 2.06. The summed E-state index contributed by atoms with van der Waals surface area (Å²) in [5, 5.41) is 6.05. The van der Waals surface area contributed by atoms with Gasteiger partial charge in [-0.15, -0.1) is 0 Å². The molecule has 2 atom stereocenters. The molecule has 4 nitrogen and oxygen atoms in total. The van der Waals surface area contributed by atoms with Gasteiger partial charge in [-0.3, -0.25) is 4.79 Å². The minimum absolute atomic E-state index is 0.0571. The van der Waals surface area contributed by atoms with Crippen molar-refractivity contribution in [2.45, 2.75) is 31.3 Å². The van der Waals surface area contributed by atoms with E-state index in [4.69, 9.17) is 5.73 Å². The van der Waals surface area contributed by atoms with Crippen LogP contribution in [-0.2, 0) is 11.3 Å². The molecule has 98 valence electrons. The molecule has 1 aromatic carbocycles. The molecule has 0 spiro atoms. The average molecular weight is 247 g/mol. The summed E-state index contributed by atoms with van der Waals surface area (Å²) in [5.74, 6) is 0.512. The van der Waals surface area contributed by atoms with Crippen molar-refractivity contribution in [3.8, 4) is 0 Å². The Morgan fingerprint density at radius 2 is 2.06 bits per heavy atom. The number of likely N-dealkylation sites (N-methyl/N-ethyl adjacent to an activating group) is 1. The number of amides is 1. The first-order valence-corrected chi connectivity index (χ1v) is 6.48. The van der Waals surface area contributed by atoms with Gasteiger partial charge in [0.2, 0.25) is 5.91 Å². The third kappa shape index (κ3) is 2.89. The van der Waals surface area contributed by atoms with Crippen molar-refractivity contribution in [1.29, 1.82) is 0 Å². The lowest BCUT2D eigenvalue weighted by Gasteiger charge is -2.14. The largest absolute Gasteiger partial charge is 0.354 e. The maximum Gasteiger partial charge on any atom is 0.237 e. The van der Waals surface area contributed by atoms with Gasteiger partial charge in [-0.05, 0) is 31.0 Å². The molecule has 1 aromatic rings. The Bertz CT molecular complexity index is 402. The zero-order chi connectivity index (χ0) is 13.0. The molecule has 0 saturated carbocycles. The monoisotopic (exact) mass is 247 g/mol. The standard InChI is InChI=1S/C14H21N3O/c1-16-13-7-6-12(9-17-14(13)18)11-4-2-10(8-15)3-5-11/h2-5,12-13,16H,6-9,15H2,1H3,(H,17,18). The highest BCUT2D eigenvalue weighted by molar-refractivity contribution is 5.82. The predicted octanol–water partition coefficient (Wildman–Crippen LogP) is 0.727. The van der Waals surface area contributed by atoms with Crippen LogP contribution < -0.4 is 16.4 Å². The van der Waals surface area contributed by atoms with Crippen molar-refractivity contribution in [2.75, 3.05) is 13.6 Å². The van der Waals surface area contributed by atoms with E-state index in [9.17, 15) is 4.79 Å². The number of carbonyl (C=O) groups excluding carboxylic acids is 1. The average Bonchev–Trinajstić information content (AvgIpc) is 2.61. The van der Waals surface area contributed by atoms with Gasteiger partial charge in [0.1, 0.15) is 0 Å². The maximum atomic E-state index is 11.7. The molecule has 1 saturated heterocycles. The van der Waals surface area contributed by atoms with Gasteiger partial charge in [0.05, 0.1) is 6.04 Å². The Kier molecular flexibility index (Phi) is 4.33. The molecule has 0 bridgehead atoms. The van der Waals surface area contributed by atoms with Crippen molar-refractivity contribution in [3.63, 3.8) is 0 Å². The van der Waals surface area contributed by atoms with Gasteiger partial charge in [0.15, 0.2) is 0 Å². The normalized spacial score (nSPS) is 24.4. The molecule has 2 rings (SSSR count). The Labute approximate surface area is 108 Å². The topological polar surface area (TPSA) is 67.2 Å². The Morgan fingerprint density at radius 3 is 2.67 bits per heavy atom. The lowest BCUT2D eigenvalue weighted by molar-refractivity contribution is -0.122. The van der Waals surface area contributed by atoms with Crippen LogP contribution in [0.4, 0.5) is 0 Å². The molecule has 0 radical (unpaired) electrons. The minimum Gasteiger partial charge on any atom is -0.354 e. The molecule has 2 unspecified atom stereocenters. The van der Waals surface area contributed by atoms with Crippen LogP contribution in [0.2, 0.25) is 0 Å². The van der Waals surface area contributed by atoms with E-state index in [1.165, 1.54) is 5.56 Å². The van der Waals surface area contributed by atoms with Gasteiger partial charge in [0.25, 0.3) is 0 Å². The summed E-state index contributed by atoms with van der Waals surface area (Å²) in [5.41, 5.74) is 8.02. The molecule has 1 heterocycles. The highest BCUT2D eigenvalue weighted by atomic mass is 16.2. The predicted molar refractivity (Wildman–Crippen MR) is 72.2 cm³/mol. The number of rotatable bonds is 3. The molecule has 4 N–H and O–H groups in total. The van der Waals surface area contributed by atoms with E-state index >= 15 is 0 Å². The van der Waals surface area contributed by atoms with Crippen LogP contribution in [0, 0.1) is 0 Å². The van der Waals surface area contributed by atoms with Gasteiger partial charge in [-0.2, -0.15) is 0 Å². The highest BCUT2D eigenvalue weighted by Crippen LogP contribution is 2.24.